The summed E-state index contributed by atoms with van der Waals surface area (Å²) in [7, 11) is 1.75. The van der Waals surface area contributed by atoms with Crippen molar-refractivity contribution in [1.29, 1.82) is 0 Å². The molecule has 0 spiro atoms. The van der Waals surface area contributed by atoms with Crippen LogP contribution >= 0.6 is 12.2 Å². The third-order valence-corrected chi connectivity index (χ3v) is 3.27. The molecule has 0 amide bonds. The van der Waals surface area contributed by atoms with Crippen molar-refractivity contribution in [3.63, 3.8) is 0 Å². The van der Waals surface area contributed by atoms with E-state index in [0.29, 0.717) is 10.4 Å². The molecule has 0 saturated carbocycles. The fourth-order valence-electron chi connectivity index (χ4n) is 2.19. The molecular weight excluding hydrogens is 270 g/mol. The Hall–Kier alpha value is -2.02. The highest BCUT2D eigenvalue weighted by Gasteiger charge is 2.16. The Morgan fingerprint density at radius 2 is 2.05 bits per heavy atom. The molecule has 98 valence electrons. The zero-order valence-corrected chi connectivity index (χ0v) is 11.1. The molecule has 7 heteroatoms. The molecule has 3 rings (SSSR count). The van der Waals surface area contributed by atoms with Crippen molar-refractivity contribution in [3.05, 3.63) is 40.3 Å². The molecule has 0 aliphatic rings. The van der Waals surface area contributed by atoms with Crippen LogP contribution in [0, 0.1) is 23.3 Å². The summed E-state index contributed by atoms with van der Waals surface area (Å²) in [6.45, 7) is 1.83. The Morgan fingerprint density at radius 1 is 1.32 bits per heavy atom. The van der Waals surface area contributed by atoms with E-state index in [-0.39, 0.29) is 5.69 Å². The van der Waals surface area contributed by atoms with E-state index < -0.39 is 11.6 Å². The highest BCUT2D eigenvalue weighted by Crippen LogP contribution is 2.23. The number of aryl methyl sites for hydroxylation is 2. The lowest BCUT2D eigenvalue weighted by Crippen LogP contribution is -2.03. The predicted octanol–water partition coefficient (Wildman–Crippen LogP) is 3.01. The van der Waals surface area contributed by atoms with Gasteiger partial charge in [-0.1, -0.05) is 0 Å². The Bertz CT molecular complexity index is 843. The summed E-state index contributed by atoms with van der Waals surface area (Å²) in [5.41, 5.74) is 2.36. The van der Waals surface area contributed by atoms with Crippen LogP contribution in [0.25, 0.3) is 16.9 Å². The summed E-state index contributed by atoms with van der Waals surface area (Å²) >= 11 is 5.21. The number of rotatable bonds is 1. The van der Waals surface area contributed by atoms with Gasteiger partial charge in [0.2, 0.25) is 0 Å². The third kappa shape index (κ3) is 1.69. The van der Waals surface area contributed by atoms with Crippen LogP contribution in [-0.4, -0.2) is 19.3 Å². The van der Waals surface area contributed by atoms with Crippen molar-refractivity contribution in [2.45, 2.75) is 6.92 Å². The van der Waals surface area contributed by atoms with E-state index in [1.54, 1.807) is 11.7 Å². The molecule has 0 unspecified atom stereocenters. The van der Waals surface area contributed by atoms with Gasteiger partial charge in [-0.3, -0.25) is 4.57 Å². The Kier molecular flexibility index (Phi) is 2.53. The van der Waals surface area contributed by atoms with Gasteiger partial charge in [-0.05, 0) is 31.3 Å². The number of nitrogens with one attached hydrogen (secondary N) is 1. The lowest BCUT2D eigenvalue weighted by Gasteiger charge is -2.06. The van der Waals surface area contributed by atoms with Crippen LogP contribution in [0.5, 0.6) is 0 Å². The van der Waals surface area contributed by atoms with Crippen LogP contribution in [0.3, 0.4) is 0 Å². The maximum Gasteiger partial charge on any atom is 0.184 e. The van der Waals surface area contributed by atoms with E-state index in [1.165, 1.54) is 16.7 Å². The van der Waals surface area contributed by atoms with Crippen molar-refractivity contribution in [2.24, 2.45) is 7.05 Å². The van der Waals surface area contributed by atoms with Gasteiger partial charge >= 0.3 is 0 Å². The van der Waals surface area contributed by atoms with Crippen molar-refractivity contribution < 1.29 is 8.78 Å². The first-order valence-corrected chi connectivity index (χ1v) is 5.99. The highest BCUT2D eigenvalue weighted by molar-refractivity contribution is 7.71. The molecule has 1 N–H and O–H groups in total. The SMILES string of the molecule is Cc1nn(C)c2c1[nH]c(=S)n2-c1ccc(F)cc1F. The molecule has 3 aromatic rings. The average molecular weight is 280 g/mol. The number of nitrogens with zero attached hydrogens (tertiary/aromatic N) is 3. The van der Waals surface area contributed by atoms with Gasteiger partial charge in [-0.25, -0.2) is 13.5 Å². The fraction of sp³-hybridized carbons (Fsp3) is 0.167. The number of benzene rings is 1. The first-order valence-electron chi connectivity index (χ1n) is 5.59. The second-order valence-electron chi connectivity index (χ2n) is 4.27. The summed E-state index contributed by atoms with van der Waals surface area (Å²) in [6.07, 6.45) is 0. The average Bonchev–Trinajstić information content (AvgIpc) is 2.79. The Morgan fingerprint density at radius 3 is 2.74 bits per heavy atom. The molecule has 0 aliphatic heterocycles. The molecule has 0 fully saturated rings. The summed E-state index contributed by atoms with van der Waals surface area (Å²) in [5.74, 6) is -1.29. The molecule has 0 aliphatic carbocycles. The minimum Gasteiger partial charge on any atom is -0.327 e. The van der Waals surface area contributed by atoms with Crippen LogP contribution in [-0.2, 0) is 7.05 Å². The van der Waals surface area contributed by atoms with E-state index in [9.17, 15) is 8.78 Å². The fourth-order valence-corrected chi connectivity index (χ4v) is 2.48. The molecule has 0 bridgehead atoms. The predicted molar refractivity (Wildman–Crippen MR) is 69.9 cm³/mol. The quantitative estimate of drug-likeness (QED) is 0.696. The van der Waals surface area contributed by atoms with E-state index >= 15 is 0 Å². The smallest absolute Gasteiger partial charge is 0.184 e. The first-order chi connectivity index (χ1) is 8.99. The number of aromatic nitrogens is 4. The standard InChI is InChI=1S/C12H10F2N4S/c1-6-10-11(17(2)16-6)18(12(19)15-10)9-4-3-7(13)5-8(9)14/h3-5H,1-2H3,(H,15,19). The minimum atomic E-state index is -0.671. The van der Waals surface area contributed by atoms with E-state index in [2.05, 4.69) is 10.1 Å². The second-order valence-corrected chi connectivity index (χ2v) is 4.66. The van der Waals surface area contributed by atoms with Crippen LogP contribution in [0.4, 0.5) is 8.78 Å². The molecule has 4 nitrogen and oxygen atoms in total. The lowest BCUT2D eigenvalue weighted by molar-refractivity contribution is 0.577. The number of imidazole rings is 1. The molecule has 0 atom stereocenters. The number of hydrogen-bond donors (Lipinski definition) is 1. The summed E-state index contributed by atoms with van der Waals surface area (Å²) < 4.78 is 30.4. The first kappa shape index (κ1) is 12.0. The van der Waals surface area contributed by atoms with Gasteiger partial charge in [-0.2, -0.15) is 5.10 Å². The van der Waals surface area contributed by atoms with E-state index in [1.807, 2.05) is 6.92 Å². The van der Waals surface area contributed by atoms with Crippen LogP contribution < -0.4 is 0 Å². The normalized spacial score (nSPS) is 11.4. The van der Waals surface area contributed by atoms with Gasteiger partial charge in [0.15, 0.2) is 10.4 Å². The number of hydrogen-bond acceptors (Lipinski definition) is 2. The highest BCUT2D eigenvalue weighted by atomic mass is 32.1. The summed E-state index contributed by atoms with van der Waals surface area (Å²) in [4.78, 5) is 2.99. The Labute approximate surface area is 112 Å². The van der Waals surface area contributed by atoms with Crippen molar-refractivity contribution >= 4 is 23.4 Å². The molecule has 0 radical (unpaired) electrons. The molecule has 0 saturated heterocycles. The molecule has 2 heterocycles. The summed E-state index contributed by atoms with van der Waals surface area (Å²) in [5, 5.41) is 4.25. The van der Waals surface area contributed by atoms with Crippen LogP contribution in [0.15, 0.2) is 18.2 Å². The van der Waals surface area contributed by atoms with Crippen molar-refractivity contribution in [1.82, 2.24) is 19.3 Å². The van der Waals surface area contributed by atoms with Crippen molar-refractivity contribution in [3.8, 4) is 5.69 Å². The zero-order chi connectivity index (χ0) is 13.7. The van der Waals surface area contributed by atoms with Gasteiger partial charge < -0.3 is 4.98 Å². The summed E-state index contributed by atoms with van der Waals surface area (Å²) in [6, 6.07) is 3.39. The number of aromatic amines is 1. The number of halogens is 2. The van der Waals surface area contributed by atoms with Crippen LogP contribution in [0.2, 0.25) is 0 Å². The van der Waals surface area contributed by atoms with Gasteiger partial charge in [0.25, 0.3) is 0 Å². The van der Waals surface area contributed by atoms with E-state index in [4.69, 9.17) is 12.2 Å². The van der Waals surface area contributed by atoms with Crippen molar-refractivity contribution in [2.75, 3.05) is 0 Å². The minimum absolute atomic E-state index is 0.195. The lowest BCUT2D eigenvalue weighted by atomic mass is 10.3. The maximum atomic E-state index is 13.9. The number of H-pyrrole nitrogens is 1. The molecule has 19 heavy (non-hydrogen) atoms. The van der Waals surface area contributed by atoms with Crippen LogP contribution in [0.1, 0.15) is 5.69 Å². The van der Waals surface area contributed by atoms with E-state index in [0.717, 1.165) is 17.3 Å². The third-order valence-electron chi connectivity index (χ3n) is 2.99. The second kappa shape index (κ2) is 3.99. The van der Waals surface area contributed by atoms with Gasteiger partial charge in [0.05, 0.1) is 11.4 Å². The topological polar surface area (TPSA) is 38.5 Å². The van der Waals surface area contributed by atoms with Gasteiger partial charge in [0, 0.05) is 13.1 Å². The van der Waals surface area contributed by atoms with Gasteiger partial charge in [-0.15, -0.1) is 0 Å². The zero-order valence-electron chi connectivity index (χ0n) is 10.2. The number of fused-ring (bicyclic) bond motifs is 1. The monoisotopic (exact) mass is 280 g/mol. The Balaban J connectivity index is 2.42. The molecular formula is C12H10F2N4S. The molecule has 1 aromatic carbocycles. The largest absolute Gasteiger partial charge is 0.327 e. The van der Waals surface area contributed by atoms with Gasteiger partial charge in [0.1, 0.15) is 17.2 Å². The maximum absolute atomic E-state index is 13.9. The molecule has 2 aromatic heterocycles.